The molecule has 0 saturated carbocycles. The van der Waals surface area contributed by atoms with Crippen LogP contribution in [0.2, 0.25) is 0 Å². The summed E-state index contributed by atoms with van der Waals surface area (Å²) in [4.78, 5) is 23.5. The van der Waals surface area contributed by atoms with Gasteiger partial charge in [0, 0.05) is 50.3 Å². The molecule has 0 aliphatic carbocycles. The minimum Gasteiger partial charge on any atom is -0.341 e. The second kappa shape index (κ2) is 6.24. The second-order valence-electron chi connectivity index (χ2n) is 6.53. The Labute approximate surface area is 142 Å². The maximum absolute atomic E-state index is 12.7. The molecule has 0 N–H and O–H groups in total. The van der Waals surface area contributed by atoms with Gasteiger partial charge in [0.25, 0.3) is 5.91 Å². The van der Waals surface area contributed by atoms with Gasteiger partial charge >= 0.3 is 0 Å². The van der Waals surface area contributed by atoms with Gasteiger partial charge in [-0.25, -0.2) is 0 Å². The number of pyridine rings is 1. The van der Waals surface area contributed by atoms with Gasteiger partial charge in [-0.05, 0) is 37.2 Å². The van der Waals surface area contributed by atoms with Crippen LogP contribution in [0.15, 0.2) is 42.6 Å². The monoisotopic (exact) mass is 322 g/mol. The van der Waals surface area contributed by atoms with E-state index in [1.54, 1.807) is 6.20 Å². The van der Waals surface area contributed by atoms with E-state index in [0.29, 0.717) is 5.69 Å². The molecule has 5 heteroatoms. The van der Waals surface area contributed by atoms with Gasteiger partial charge in [0.05, 0.1) is 0 Å². The highest BCUT2D eigenvalue weighted by Crippen LogP contribution is 2.34. The molecule has 0 atom stereocenters. The molecule has 5 nitrogen and oxygen atoms in total. The van der Waals surface area contributed by atoms with Crippen molar-refractivity contribution in [3.05, 3.63) is 53.9 Å². The molecule has 0 spiro atoms. The summed E-state index contributed by atoms with van der Waals surface area (Å²) in [6.07, 6.45) is 2.79. The molecule has 2 aliphatic heterocycles. The number of nitrogens with zero attached hydrogens (tertiary/aromatic N) is 4. The molecule has 1 aromatic carbocycles. The highest BCUT2D eigenvalue weighted by molar-refractivity contribution is 5.93. The molecule has 0 unspecified atom stereocenters. The molecule has 1 aromatic heterocycles. The second-order valence-corrected chi connectivity index (χ2v) is 6.53. The highest BCUT2D eigenvalue weighted by Gasteiger charge is 2.24. The standard InChI is InChI=1S/C19H22N4O/c1-21-10-12-22(13-11-21)19(24)17-14-16(6-8-20-17)23-9-7-15-4-2-3-5-18(15)23/h2-6,8,14H,7,9-13H2,1H3. The van der Waals surface area contributed by atoms with E-state index in [1.165, 1.54) is 11.3 Å². The molecule has 4 rings (SSSR count). The van der Waals surface area contributed by atoms with Crippen molar-refractivity contribution < 1.29 is 4.79 Å². The fourth-order valence-corrected chi connectivity index (χ4v) is 3.48. The van der Waals surface area contributed by atoms with Crippen LogP contribution in [0.4, 0.5) is 11.4 Å². The van der Waals surface area contributed by atoms with Gasteiger partial charge in [0.2, 0.25) is 0 Å². The third kappa shape index (κ3) is 2.76. The van der Waals surface area contributed by atoms with Gasteiger partial charge in [-0.3, -0.25) is 9.78 Å². The number of amides is 1. The summed E-state index contributed by atoms with van der Waals surface area (Å²) in [7, 11) is 2.09. The van der Waals surface area contributed by atoms with E-state index >= 15 is 0 Å². The molecule has 24 heavy (non-hydrogen) atoms. The van der Waals surface area contributed by atoms with Crippen LogP contribution in [0.25, 0.3) is 0 Å². The van der Waals surface area contributed by atoms with Crippen LogP contribution < -0.4 is 4.90 Å². The normalized spacial score (nSPS) is 17.9. The first kappa shape index (κ1) is 15.1. The first-order valence-electron chi connectivity index (χ1n) is 8.52. The number of rotatable bonds is 2. The van der Waals surface area contributed by atoms with Gasteiger partial charge in [-0.1, -0.05) is 18.2 Å². The molecule has 0 radical (unpaired) electrons. The van der Waals surface area contributed by atoms with Gasteiger partial charge in [0.1, 0.15) is 5.69 Å². The van der Waals surface area contributed by atoms with E-state index in [1.807, 2.05) is 17.0 Å². The molecule has 1 saturated heterocycles. The van der Waals surface area contributed by atoms with Crippen molar-refractivity contribution in [1.82, 2.24) is 14.8 Å². The number of aromatic nitrogens is 1. The van der Waals surface area contributed by atoms with Crippen molar-refractivity contribution in [2.24, 2.45) is 0 Å². The number of piperazine rings is 1. The Balaban J connectivity index is 1.57. The van der Waals surface area contributed by atoms with E-state index < -0.39 is 0 Å². The number of carbonyl (C=O) groups excluding carboxylic acids is 1. The predicted octanol–water partition coefficient (Wildman–Crippen LogP) is 2.16. The maximum atomic E-state index is 12.7. The number of hydrogen-bond acceptors (Lipinski definition) is 4. The molecule has 124 valence electrons. The number of fused-ring (bicyclic) bond motifs is 1. The number of para-hydroxylation sites is 1. The molecular weight excluding hydrogens is 300 g/mol. The van der Waals surface area contributed by atoms with Crippen molar-refractivity contribution in [2.45, 2.75) is 6.42 Å². The Morgan fingerprint density at radius 2 is 1.83 bits per heavy atom. The van der Waals surface area contributed by atoms with Crippen LogP contribution in [0.5, 0.6) is 0 Å². The van der Waals surface area contributed by atoms with E-state index in [9.17, 15) is 4.79 Å². The summed E-state index contributed by atoms with van der Waals surface area (Å²) in [5.41, 5.74) is 4.19. The number of anilines is 2. The lowest BCUT2D eigenvalue weighted by atomic mass is 10.2. The number of benzene rings is 1. The number of likely N-dealkylation sites (N-methyl/N-ethyl adjacent to an activating group) is 1. The first-order valence-corrected chi connectivity index (χ1v) is 8.52. The topological polar surface area (TPSA) is 39.7 Å². The third-order valence-corrected chi connectivity index (χ3v) is 4.95. The lowest BCUT2D eigenvalue weighted by molar-refractivity contribution is 0.0658. The fourth-order valence-electron chi connectivity index (χ4n) is 3.48. The zero-order valence-electron chi connectivity index (χ0n) is 14.0. The van der Waals surface area contributed by atoms with Gasteiger partial charge in [-0.2, -0.15) is 0 Å². The Bertz CT molecular complexity index is 753. The summed E-state index contributed by atoms with van der Waals surface area (Å²) < 4.78 is 0. The maximum Gasteiger partial charge on any atom is 0.272 e. The molecule has 1 fully saturated rings. The Morgan fingerprint density at radius 1 is 1.04 bits per heavy atom. The first-order chi connectivity index (χ1) is 11.7. The van der Waals surface area contributed by atoms with Crippen LogP contribution in [-0.2, 0) is 6.42 Å². The average Bonchev–Trinajstić information content (AvgIpc) is 3.06. The Morgan fingerprint density at radius 3 is 2.67 bits per heavy atom. The molecule has 0 bridgehead atoms. The molecular formula is C19H22N4O. The van der Waals surface area contributed by atoms with E-state index in [0.717, 1.165) is 44.8 Å². The third-order valence-electron chi connectivity index (χ3n) is 4.95. The molecule has 2 aliphatic rings. The highest BCUT2D eigenvalue weighted by atomic mass is 16.2. The Kier molecular flexibility index (Phi) is 3.94. The zero-order chi connectivity index (χ0) is 16.5. The smallest absolute Gasteiger partial charge is 0.272 e. The number of carbonyl (C=O) groups is 1. The van der Waals surface area contributed by atoms with Crippen molar-refractivity contribution in [1.29, 1.82) is 0 Å². The largest absolute Gasteiger partial charge is 0.341 e. The lowest BCUT2D eigenvalue weighted by Gasteiger charge is -2.32. The van der Waals surface area contributed by atoms with Crippen molar-refractivity contribution in [2.75, 3.05) is 44.7 Å². The lowest BCUT2D eigenvalue weighted by Crippen LogP contribution is -2.47. The Hall–Kier alpha value is -2.40. The van der Waals surface area contributed by atoms with Crippen LogP contribution >= 0.6 is 0 Å². The van der Waals surface area contributed by atoms with E-state index in [-0.39, 0.29) is 5.91 Å². The minimum absolute atomic E-state index is 0.0393. The quantitative estimate of drug-likeness (QED) is 0.849. The summed E-state index contributed by atoms with van der Waals surface area (Å²) in [5, 5.41) is 0. The predicted molar refractivity (Wildman–Crippen MR) is 94.8 cm³/mol. The SMILES string of the molecule is CN1CCN(C(=O)c2cc(N3CCc4ccccc43)ccn2)CC1. The van der Waals surface area contributed by atoms with Crippen LogP contribution in [0, 0.1) is 0 Å². The summed E-state index contributed by atoms with van der Waals surface area (Å²) in [6.45, 7) is 4.34. The summed E-state index contributed by atoms with van der Waals surface area (Å²) >= 11 is 0. The van der Waals surface area contributed by atoms with Crippen molar-refractivity contribution in [3.63, 3.8) is 0 Å². The van der Waals surface area contributed by atoms with Gasteiger partial charge in [0.15, 0.2) is 0 Å². The van der Waals surface area contributed by atoms with Gasteiger partial charge < -0.3 is 14.7 Å². The van der Waals surface area contributed by atoms with Crippen LogP contribution in [0.3, 0.4) is 0 Å². The molecule has 1 amide bonds. The average molecular weight is 322 g/mol. The van der Waals surface area contributed by atoms with Crippen molar-refractivity contribution >= 4 is 17.3 Å². The fraction of sp³-hybridized carbons (Fsp3) is 0.368. The van der Waals surface area contributed by atoms with Crippen molar-refractivity contribution in [3.8, 4) is 0 Å². The summed E-state index contributed by atoms with van der Waals surface area (Å²) in [5.74, 6) is 0.0393. The summed E-state index contributed by atoms with van der Waals surface area (Å²) in [6, 6.07) is 12.4. The van der Waals surface area contributed by atoms with Gasteiger partial charge in [-0.15, -0.1) is 0 Å². The zero-order valence-corrected chi connectivity index (χ0v) is 14.0. The molecule has 2 aromatic rings. The van der Waals surface area contributed by atoms with Crippen LogP contribution in [0.1, 0.15) is 16.1 Å². The molecule has 3 heterocycles. The van der Waals surface area contributed by atoms with Crippen LogP contribution in [-0.4, -0.2) is 60.5 Å². The number of hydrogen-bond donors (Lipinski definition) is 0. The van der Waals surface area contributed by atoms with E-state index in [2.05, 4.69) is 46.1 Å². The minimum atomic E-state index is 0.0393. The van der Waals surface area contributed by atoms with E-state index in [4.69, 9.17) is 0 Å².